The van der Waals surface area contributed by atoms with Crippen molar-refractivity contribution in [3.63, 3.8) is 0 Å². The van der Waals surface area contributed by atoms with Crippen molar-refractivity contribution in [2.75, 3.05) is 19.6 Å². The topological polar surface area (TPSA) is 68.5 Å². The number of rotatable bonds is 6. The first-order valence-electron chi connectivity index (χ1n) is 10.7. The van der Waals surface area contributed by atoms with Gasteiger partial charge in [-0.2, -0.15) is 18.2 Å². The highest BCUT2D eigenvalue weighted by Crippen LogP contribution is 2.39. The van der Waals surface area contributed by atoms with Crippen molar-refractivity contribution >= 4 is 6.29 Å². The van der Waals surface area contributed by atoms with Crippen molar-refractivity contribution in [1.29, 1.82) is 0 Å². The van der Waals surface area contributed by atoms with Crippen molar-refractivity contribution in [1.82, 2.24) is 15.0 Å². The summed E-state index contributed by atoms with van der Waals surface area (Å²) in [5.41, 5.74) is 2.34. The average Bonchev–Trinajstić information content (AvgIpc) is 3.16. The summed E-state index contributed by atoms with van der Waals surface area (Å²) in [7, 11) is 0. The zero-order valence-electron chi connectivity index (χ0n) is 18.4. The quantitative estimate of drug-likeness (QED) is 0.493. The summed E-state index contributed by atoms with van der Waals surface area (Å²) in [4.78, 5) is 17.3. The second kappa shape index (κ2) is 9.35. The molecule has 9 heteroatoms. The number of hydrogen-bond acceptors (Lipinski definition) is 6. The number of nitrogens with zero attached hydrogens (tertiary/aromatic N) is 3. The Balaban J connectivity index is 1.61. The van der Waals surface area contributed by atoms with E-state index >= 15 is 0 Å². The van der Waals surface area contributed by atoms with E-state index in [4.69, 9.17) is 9.26 Å². The van der Waals surface area contributed by atoms with E-state index < -0.39 is 17.8 Å². The number of benzene rings is 2. The minimum absolute atomic E-state index is 0.00121. The van der Waals surface area contributed by atoms with Crippen LogP contribution < -0.4 is 4.74 Å². The molecule has 0 fully saturated rings. The van der Waals surface area contributed by atoms with Gasteiger partial charge in [-0.25, -0.2) is 0 Å². The highest BCUT2D eigenvalue weighted by atomic mass is 19.4. The van der Waals surface area contributed by atoms with Crippen LogP contribution in [0, 0.1) is 0 Å². The largest absolute Gasteiger partial charge is 0.490 e. The van der Waals surface area contributed by atoms with Crippen LogP contribution in [0.4, 0.5) is 13.2 Å². The number of halogens is 3. The number of fused-ring (bicyclic) bond motifs is 1. The molecule has 0 aliphatic carbocycles. The summed E-state index contributed by atoms with van der Waals surface area (Å²) in [5.74, 6) is 0.0620. The molecular weight excluding hydrogens is 435 g/mol. The molecule has 2 heterocycles. The maximum Gasteiger partial charge on any atom is 0.419 e. The fourth-order valence-corrected chi connectivity index (χ4v) is 3.90. The van der Waals surface area contributed by atoms with Crippen molar-refractivity contribution in [2.24, 2.45) is 0 Å². The Morgan fingerprint density at radius 3 is 2.52 bits per heavy atom. The SMILES string of the molecule is CC(C)Oc1ccc(-c2nc(-c3ccc4c(c3)CCN(CC=O)CC4)no2)cc1C(F)(F)F. The van der Waals surface area contributed by atoms with Crippen molar-refractivity contribution in [3.8, 4) is 28.6 Å². The van der Waals surface area contributed by atoms with E-state index in [-0.39, 0.29) is 17.2 Å². The summed E-state index contributed by atoms with van der Waals surface area (Å²) in [6.45, 7) is 5.33. The van der Waals surface area contributed by atoms with Gasteiger partial charge >= 0.3 is 6.18 Å². The maximum atomic E-state index is 13.6. The lowest BCUT2D eigenvalue weighted by Crippen LogP contribution is -2.28. The third kappa shape index (κ3) is 5.24. The van der Waals surface area contributed by atoms with Gasteiger partial charge in [-0.1, -0.05) is 17.3 Å². The first kappa shape index (κ1) is 23.0. The van der Waals surface area contributed by atoms with Crippen LogP contribution in [-0.2, 0) is 23.8 Å². The molecular formula is C24H24F3N3O3. The minimum atomic E-state index is -4.59. The molecule has 2 aromatic carbocycles. The van der Waals surface area contributed by atoms with E-state index in [2.05, 4.69) is 15.0 Å². The summed E-state index contributed by atoms with van der Waals surface area (Å²) in [5, 5.41) is 3.99. The van der Waals surface area contributed by atoms with Crippen LogP contribution >= 0.6 is 0 Å². The number of ether oxygens (including phenoxy) is 1. The molecule has 1 aliphatic heterocycles. The molecule has 6 nitrogen and oxygen atoms in total. The molecule has 1 aliphatic rings. The summed E-state index contributed by atoms with van der Waals surface area (Å²) >= 11 is 0. The fraction of sp³-hybridized carbons (Fsp3) is 0.375. The first-order chi connectivity index (χ1) is 15.7. The smallest absolute Gasteiger partial charge is 0.419 e. The molecule has 0 bridgehead atoms. The van der Waals surface area contributed by atoms with E-state index in [9.17, 15) is 18.0 Å². The summed E-state index contributed by atoms with van der Waals surface area (Å²) in [6.07, 6.45) is -2.45. The second-order valence-corrected chi connectivity index (χ2v) is 8.25. The van der Waals surface area contributed by atoms with Gasteiger partial charge in [-0.15, -0.1) is 0 Å². The van der Waals surface area contributed by atoms with Crippen LogP contribution in [0.2, 0.25) is 0 Å². The standard InChI is InChI=1S/C24H24F3N3O3/c1-15(2)32-21-6-5-19(14-20(21)24(25,26)27)23-28-22(29-33-23)18-4-3-16-7-9-30(11-12-31)10-8-17(16)13-18/h3-6,12-15H,7-11H2,1-2H3. The van der Waals surface area contributed by atoms with Crippen molar-refractivity contribution in [2.45, 2.75) is 39.0 Å². The van der Waals surface area contributed by atoms with Crippen LogP contribution in [-0.4, -0.2) is 47.1 Å². The Bertz CT molecular complexity index is 1140. The molecule has 0 radical (unpaired) electrons. The zero-order chi connectivity index (χ0) is 23.6. The predicted octanol–water partition coefficient (Wildman–Crippen LogP) is 4.81. The third-order valence-corrected chi connectivity index (χ3v) is 5.51. The van der Waals surface area contributed by atoms with E-state index in [1.807, 2.05) is 18.2 Å². The Hall–Kier alpha value is -3.20. The van der Waals surface area contributed by atoms with Gasteiger partial charge < -0.3 is 14.1 Å². The molecule has 174 valence electrons. The third-order valence-electron chi connectivity index (χ3n) is 5.51. The highest BCUT2D eigenvalue weighted by Gasteiger charge is 2.35. The van der Waals surface area contributed by atoms with Gasteiger partial charge in [0.15, 0.2) is 0 Å². The predicted molar refractivity (Wildman–Crippen MR) is 116 cm³/mol. The van der Waals surface area contributed by atoms with Crippen LogP contribution in [0.15, 0.2) is 40.9 Å². The lowest BCUT2D eigenvalue weighted by atomic mass is 10.00. The lowest BCUT2D eigenvalue weighted by molar-refractivity contribution is -0.139. The molecule has 33 heavy (non-hydrogen) atoms. The molecule has 0 unspecified atom stereocenters. The van der Waals surface area contributed by atoms with Gasteiger partial charge in [0.05, 0.1) is 18.2 Å². The normalized spacial score (nSPS) is 14.7. The van der Waals surface area contributed by atoms with E-state index in [1.54, 1.807) is 13.8 Å². The number of aldehydes is 1. The van der Waals surface area contributed by atoms with Gasteiger partial charge in [0.1, 0.15) is 12.0 Å². The Morgan fingerprint density at radius 2 is 1.82 bits per heavy atom. The van der Waals surface area contributed by atoms with Gasteiger partial charge in [0, 0.05) is 24.2 Å². The highest BCUT2D eigenvalue weighted by molar-refractivity contribution is 5.63. The lowest BCUT2D eigenvalue weighted by Gasteiger charge is -2.16. The van der Waals surface area contributed by atoms with Crippen molar-refractivity contribution in [3.05, 3.63) is 53.1 Å². The fourth-order valence-electron chi connectivity index (χ4n) is 3.90. The van der Waals surface area contributed by atoms with Gasteiger partial charge in [-0.05, 0) is 62.1 Å². The van der Waals surface area contributed by atoms with Crippen LogP contribution in [0.5, 0.6) is 5.75 Å². The molecule has 1 aromatic heterocycles. The van der Waals surface area contributed by atoms with Gasteiger partial charge in [0.2, 0.25) is 5.82 Å². The molecule has 4 rings (SSSR count). The summed E-state index contributed by atoms with van der Waals surface area (Å²) in [6, 6.07) is 9.58. The molecule has 0 saturated carbocycles. The molecule has 0 atom stereocenters. The monoisotopic (exact) mass is 459 g/mol. The first-order valence-corrected chi connectivity index (χ1v) is 10.7. The summed E-state index contributed by atoms with van der Waals surface area (Å²) < 4.78 is 51.3. The maximum absolute atomic E-state index is 13.6. The molecule has 0 amide bonds. The Morgan fingerprint density at radius 1 is 1.09 bits per heavy atom. The molecule has 0 N–H and O–H groups in total. The Labute approximate surface area is 189 Å². The second-order valence-electron chi connectivity index (χ2n) is 8.25. The number of alkyl halides is 3. The van der Waals surface area contributed by atoms with Crippen molar-refractivity contribution < 1.29 is 27.2 Å². The molecule has 0 spiro atoms. The van der Waals surface area contributed by atoms with E-state index in [1.165, 1.54) is 17.7 Å². The van der Waals surface area contributed by atoms with Crippen LogP contribution in [0.25, 0.3) is 22.8 Å². The number of carbonyl (C=O) groups is 1. The zero-order valence-corrected chi connectivity index (χ0v) is 18.4. The van der Waals surface area contributed by atoms with Crippen LogP contribution in [0.1, 0.15) is 30.5 Å². The van der Waals surface area contributed by atoms with Gasteiger partial charge in [-0.3, -0.25) is 4.90 Å². The van der Waals surface area contributed by atoms with E-state index in [0.717, 1.165) is 49.4 Å². The van der Waals surface area contributed by atoms with Crippen LogP contribution in [0.3, 0.4) is 0 Å². The molecule has 3 aromatic rings. The van der Waals surface area contributed by atoms with E-state index in [0.29, 0.717) is 12.4 Å². The molecule has 0 saturated heterocycles. The Kier molecular flexibility index (Phi) is 6.51. The minimum Gasteiger partial charge on any atom is -0.490 e. The number of hydrogen-bond donors (Lipinski definition) is 0. The number of carbonyl (C=O) groups excluding carboxylic acids is 1. The van der Waals surface area contributed by atoms with Gasteiger partial charge in [0.25, 0.3) is 5.89 Å². The number of aromatic nitrogens is 2. The average molecular weight is 459 g/mol.